The summed E-state index contributed by atoms with van der Waals surface area (Å²) in [5.41, 5.74) is 8.38. The van der Waals surface area contributed by atoms with Crippen LogP contribution >= 0.6 is 0 Å². The van der Waals surface area contributed by atoms with Crippen molar-refractivity contribution in [2.45, 2.75) is 19.3 Å². The van der Waals surface area contributed by atoms with Crippen LogP contribution in [0.25, 0.3) is 11.4 Å². The van der Waals surface area contributed by atoms with Crippen LogP contribution in [0.1, 0.15) is 18.4 Å². The third kappa shape index (κ3) is 1.97. The van der Waals surface area contributed by atoms with Crippen LogP contribution in [0.5, 0.6) is 0 Å². The fourth-order valence-electron chi connectivity index (χ4n) is 2.15. The molecule has 0 radical (unpaired) electrons. The van der Waals surface area contributed by atoms with Crippen molar-refractivity contribution < 1.29 is 0 Å². The summed E-state index contributed by atoms with van der Waals surface area (Å²) in [6, 6.07) is 0. The number of rotatable bonds is 1. The van der Waals surface area contributed by atoms with Crippen LogP contribution in [0.3, 0.4) is 0 Å². The molecule has 0 atom stereocenters. The lowest BCUT2D eigenvalue weighted by Gasteiger charge is -2.11. The zero-order valence-electron chi connectivity index (χ0n) is 9.93. The molecule has 0 unspecified atom stereocenters. The van der Waals surface area contributed by atoms with Crippen molar-refractivity contribution in [1.82, 2.24) is 19.9 Å². The molecule has 0 aromatic carbocycles. The summed E-state index contributed by atoms with van der Waals surface area (Å²) in [4.78, 5) is 17.0. The number of nitrogens with zero attached hydrogens (tertiary/aromatic N) is 4. The van der Waals surface area contributed by atoms with E-state index in [1.54, 1.807) is 18.6 Å². The van der Waals surface area contributed by atoms with E-state index in [9.17, 15) is 0 Å². The Labute approximate surface area is 105 Å². The van der Waals surface area contributed by atoms with Gasteiger partial charge in [-0.25, -0.2) is 4.98 Å². The predicted octanol–water partition coefficient (Wildman–Crippen LogP) is 1.26. The molecule has 0 saturated heterocycles. The van der Waals surface area contributed by atoms with Gasteiger partial charge in [0, 0.05) is 24.5 Å². The Kier molecular flexibility index (Phi) is 2.76. The first-order valence-corrected chi connectivity index (χ1v) is 6.01. The molecule has 18 heavy (non-hydrogen) atoms. The summed E-state index contributed by atoms with van der Waals surface area (Å²) in [6.07, 6.45) is 8.17. The van der Waals surface area contributed by atoms with E-state index in [1.807, 2.05) is 0 Å². The average molecular weight is 242 g/mol. The van der Waals surface area contributed by atoms with Gasteiger partial charge in [0.05, 0.1) is 6.20 Å². The van der Waals surface area contributed by atoms with Crippen LogP contribution in [0, 0.1) is 0 Å². The lowest BCUT2D eigenvalue weighted by atomic mass is 10.1. The van der Waals surface area contributed by atoms with Crippen molar-refractivity contribution in [2.75, 3.05) is 17.6 Å². The first kappa shape index (κ1) is 10.9. The highest BCUT2D eigenvalue weighted by atomic mass is 15.1. The molecule has 6 nitrogen and oxygen atoms in total. The van der Waals surface area contributed by atoms with Gasteiger partial charge in [-0.05, 0) is 19.3 Å². The monoisotopic (exact) mass is 242 g/mol. The van der Waals surface area contributed by atoms with Crippen LogP contribution in [0.2, 0.25) is 0 Å². The molecule has 6 heteroatoms. The number of hydrogen-bond donors (Lipinski definition) is 2. The third-order valence-corrected chi connectivity index (χ3v) is 2.98. The van der Waals surface area contributed by atoms with E-state index in [4.69, 9.17) is 5.73 Å². The normalized spacial score (nSPS) is 14.4. The van der Waals surface area contributed by atoms with Gasteiger partial charge in [0.2, 0.25) is 5.95 Å². The SMILES string of the molecule is Nc1nc2c(c(-c3cnccn3)n1)CCCCN2. The van der Waals surface area contributed by atoms with Crippen LogP contribution < -0.4 is 11.1 Å². The molecular weight excluding hydrogens is 228 g/mol. The first-order chi connectivity index (χ1) is 8.84. The number of anilines is 2. The molecule has 0 fully saturated rings. The molecule has 2 aromatic heterocycles. The molecule has 92 valence electrons. The standard InChI is InChI=1S/C12H14N6/c13-12-17-10(9-7-14-5-6-15-9)8-3-1-2-4-16-11(8)18-12/h5-7H,1-4H2,(H3,13,16,17,18). The number of nitrogens with one attached hydrogen (secondary N) is 1. The van der Waals surface area contributed by atoms with Gasteiger partial charge in [-0.1, -0.05) is 0 Å². The average Bonchev–Trinajstić information content (AvgIpc) is 2.64. The molecule has 3 rings (SSSR count). The Morgan fingerprint density at radius 1 is 1.17 bits per heavy atom. The second-order valence-corrected chi connectivity index (χ2v) is 4.23. The van der Waals surface area contributed by atoms with Crippen molar-refractivity contribution in [1.29, 1.82) is 0 Å². The van der Waals surface area contributed by atoms with Crippen molar-refractivity contribution in [3.05, 3.63) is 24.2 Å². The molecule has 2 aromatic rings. The maximum Gasteiger partial charge on any atom is 0.222 e. The molecule has 0 bridgehead atoms. The molecule has 3 N–H and O–H groups in total. The topological polar surface area (TPSA) is 89.6 Å². The highest BCUT2D eigenvalue weighted by Gasteiger charge is 2.17. The minimum absolute atomic E-state index is 0.267. The second-order valence-electron chi connectivity index (χ2n) is 4.23. The van der Waals surface area contributed by atoms with Gasteiger partial charge in [-0.15, -0.1) is 0 Å². The number of nitrogens with two attached hydrogens (primary N) is 1. The predicted molar refractivity (Wildman–Crippen MR) is 68.9 cm³/mol. The molecule has 0 amide bonds. The summed E-state index contributed by atoms with van der Waals surface area (Å²) in [6.45, 7) is 0.920. The van der Waals surface area contributed by atoms with Gasteiger partial charge in [-0.2, -0.15) is 4.98 Å². The number of aromatic nitrogens is 4. The molecule has 0 saturated carbocycles. The Balaban J connectivity index is 2.17. The fraction of sp³-hybridized carbons (Fsp3) is 0.333. The van der Waals surface area contributed by atoms with Gasteiger partial charge in [-0.3, -0.25) is 9.97 Å². The fourth-order valence-corrected chi connectivity index (χ4v) is 2.15. The van der Waals surface area contributed by atoms with Gasteiger partial charge >= 0.3 is 0 Å². The molecule has 0 aliphatic carbocycles. The quantitative estimate of drug-likeness (QED) is 0.782. The maximum absolute atomic E-state index is 5.76. The van der Waals surface area contributed by atoms with Gasteiger partial charge in [0.1, 0.15) is 17.2 Å². The summed E-state index contributed by atoms with van der Waals surface area (Å²) < 4.78 is 0. The van der Waals surface area contributed by atoms with E-state index < -0.39 is 0 Å². The lowest BCUT2D eigenvalue weighted by molar-refractivity contribution is 0.785. The van der Waals surface area contributed by atoms with E-state index in [0.717, 1.165) is 48.6 Å². The zero-order chi connectivity index (χ0) is 12.4. The number of hydrogen-bond acceptors (Lipinski definition) is 6. The smallest absolute Gasteiger partial charge is 0.222 e. The third-order valence-electron chi connectivity index (χ3n) is 2.98. The summed E-state index contributed by atoms with van der Waals surface area (Å²) in [7, 11) is 0. The van der Waals surface area contributed by atoms with Crippen molar-refractivity contribution in [3.63, 3.8) is 0 Å². The number of nitrogen functional groups attached to an aromatic ring is 1. The highest BCUT2D eigenvalue weighted by Crippen LogP contribution is 2.28. The van der Waals surface area contributed by atoms with E-state index in [0.29, 0.717) is 0 Å². The summed E-state index contributed by atoms with van der Waals surface area (Å²) >= 11 is 0. The van der Waals surface area contributed by atoms with Crippen LogP contribution in [0.15, 0.2) is 18.6 Å². The lowest BCUT2D eigenvalue weighted by Crippen LogP contribution is -2.08. The van der Waals surface area contributed by atoms with Crippen LogP contribution in [0.4, 0.5) is 11.8 Å². The van der Waals surface area contributed by atoms with Gasteiger partial charge in [0.15, 0.2) is 0 Å². The Morgan fingerprint density at radius 2 is 2.11 bits per heavy atom. The van der Waals surface area contributed by atoms with E-state index in [2.05, 4.69) is 25.3 Å². The highest BCUT2D eigenvalue weighted by molar-refractivity contribution is 5.67. The van der Waals surface area contributed by atoms with Crippen molar-refractivity contribution >= 4 is 11.8 Å². The van der Waals surface area contributed by atoms with E-state index in [1.165, 1.54) is 0 Å². The van der Waals surface area contributed by atoms with Crippen molar-refractivity contribution in [3.8, 4) is 11.4 Å². The Bertz CT molecular complexity index is 554. The van der Waals surface area contributed by atoms with Gasteiger partial charge in [0.25, 0.3) is 0 Å². The maximum atomic E-state index is 5.76. The summed E-state index contributed by atoms with van der Waals surface area (Å²) in [5, 5.41) is 3.30. The second kappa shape index (κ2) is 4.56. The Hall–Kier alpha value is -2.24. The zero-order valence-corrected chi connectivity index (χ0v) is 9.93. The largest absolute Gasteiger partial charge is 0.370 e. The minimum Gasteiger partial charge on any atom is -0.370 e. The summed E-state index contributed by atoms with van der Waals surface area (Å²) in [5.74, 6) is 1.10. The Morgan fingerprint density at radius 3 is 2.94 bits per heavy atom. The molecule has 1 aliphatic rings. The van der Waals surface area contributed by atoms with Crippen molar-refractivity contribution in [2.24, 2.45) is 0 Å². The van der Waals surface area contributed by atoms with Gasteiger partial charge < -0.3 is 11.1 Å². The van der Waals surface area contributed by atoms with Crippen LogP contribution in [-0.2, 0) is 6.42 Å². The minimum atomic E-state index is 0.267. The van der Waals surface area contributed by atoms with E-state index in [-0.39, 0.29) is 5.95 Å². The number of fused-ring (bicyclic) bond motifs is 1. The molecule has 3 heterocycles. The molecular formula is C12H14N6. The molecule has 1 aliphatic heterocycles. The van der Waals surface area contributed by atoms with Crippen LogP contribution in [-0.4, -0.2) is 26.5 Å². The first-order valence-electron chi connectivity index (χ1n) is 6.01. The molecule has 0 spiro atoms. The van der Waals surface area contributed by atoms with E-state index >= 15 is 0 Å².